The standard InChI is InChI=1S/C14H21ClFN3/c1-8-3-2-4-9(5-8)7-19-14-11(18)6-10(17)12(15)13(14)16/h6,8-9,19H,2-5,7,17-18H2,1H3. The van der Waals surface area contributed by atoms with Crippen molar-refractivity contribution in [3.05, 3.63) is 16.9 Å². The van der Waals surface area contributed by atoms with Crippen molar-refractivity contribution in [2.45, 2.75) is 32.6 Å². The van der Waals surface area contributed by atoms with Crippen LogP contribution in [0.2, 0.25) is 5.02 Å². The van der Waals surface area contributed by atoms with E-state index in [9.17, 15) is 4.39 Å². The van der Waals surface area contributed by atoms with Crippen LogP contribution in [0.3, 0.4) is 0 Å². The van der Waals surface area contributed by atoms with Crippen molar-refractivity contribution < 1.29 is 4.39 Å². The topological polar surface area (TPSA) is 64.1 Å². The van der Waals surface area contributed by atoms with Gasteiger partial charge in [0.25, 0.3) is 0 Å². The first-order chi connectivity index (χ1) is 8.99. The Morgan fingerprint density at radius 3 is 2.79 bits per heavy atom. The normalized spacial score (nSPS) is 23.3. The lowest BCUT2D eigenvalue weighted by Crippen LogP contribution is -2.22. The maximum Gasteiger partial charge on any atom is 0.169 e. The third-order valence-corrected chi connectivity index (χ3v) is 4.26. The van der Waals surface area contributed by atoms with Crippen LogP contribution >= 0.6 is 11.6 Å². The molecule has 0 aliphatic heterocycles. The van der Waals surface area contributed by atoms with E-state index in [0.29, 0.717) is 11.6 Å². The fourth-order valence-corrected chi connectivity index (χ4v) is 2.99. The van der Waals surface area contributed by atoms with Gasteiger partial charge >= 0.3 is 0 Å². The van der Waals surface area contributed by atoms with Crippen LogP contribution in [-0.4, -0.2) is 6.54 Å². The van der Waals surface area contributed by atoms with Gasteiger partial charge < -0.3 is 16.8 Å². The number of hydrogen-bond acceptors (Lipinski definition) is 3. The maximum absolute atomic E-state index is 14.0. The van der Waals surface area contributed by atoms with Crippen LogP contribution in [0.25, 0.3) is 0 Å². The molecule has 19 heavy (non-hydrogen) atoms. The van der Waals surface area contributed by atoms with Crippen LogP contribution in [-0.2, 0) is 0 Å². The molecule has 0 bridgehead atoms. The Kier molecular flexibility index (Phi) is 4.40. The highest BCUT2D eigenvalue weighted by Crippen LogP contribution is 2.35. The highest BCUT2D eigenvalue weighted by Gasteiger charge is 2.20. The van der Waals surface area contributed by atoms with E-state index < -0.39 is 5.82 Å². The molecule has 1 aliphatic carbocycles. The molecule has 0 radical (unpaired) electrons. The second kappa shape index (κ2) is 5.87. The zero-order valence-electron chi connectivity index (χ0n) is 11.2. The molecule has 0 amide bonds. The van der Waals surface area contributed by atoms with Gasteiger partial charge in [-0.05, 0) is 30.7 Å². The highest BCUT2D eigenvalue weighted by atomic mass is 35.5. The smallest absolute Gasteiger partial charge is 0.169 e. The van der Waals surface area contributed by atoms with Gasteiger partial charge in [0.15, 0.2) is 5.82 Å². The van der Waals surface area contributed by atoms with Crippen molar-refractivity contribution in [1.82, 2.24) is 0 Å². The molecule has 5 heteroatoms. The van der Waals surface area contributed by atoms with E-state index in [1.54, 1.807) is 0 Å². The molecule has 3 nitrogen and oxygen atoms in total. The van der Waals surface area contributed by atoms with Crippen molar-refractivity contribution in [1.29, 1.82) is 0 Å². The van der Waals surface area contributed by atoms with E-state index in [-0.39, 0.29) is 16.4 Å². The van der Waals surface area contributed by atoms with Crippen molar-refractivity contribution in [3.8, 4) is 0 Å². The third-order valence-electron chi connectivity index (χ3n) is 3.88. The minimum absolute atomic E-state index is 0.0614. The molecular formula is C14H21ClFN3. The minimum Gasteiger partial charge on any atom is -0.397 e. The first-order valence-electron chi connectivity index (χ1n) is 6.75. The van der Waals surface area contributed by atoms with E-state index in [0.717, 1.165) is 12.5 Å². The highest BCUT2D eigenvalue weighted by molar-refractivity contribution is 6.33. The number of nitrogens with two attached hydrogens (primary N) is 2. The Balaban J connectivity index is 2.05. The molecule has 1 aliphatic rings. The quantitative estimate of drug-likeness (QED) is 0.739. The molecule has 0 spiro atoms. The molecule has 2 rings (SSSR count). The Bertz CT molecular complexity index is 464. The number of rotatable bonds is 3. The average molecular weight is 286 g/mol. The molecule has 1 saturated carbocycles. The van der Waals surface area contributed by atoms with Crippen molar-refractivity contribution >= 4 is 28.7 Å². The van der Waals surface area contributed by atoms with Gasteiger partial charge in [-0.2, -0.15) is 0 Å². The number of anilines is 3. The van der Waals surface area contributed by atoms with Gasteiger partial charge in [-0.25, -0.2) is 4.39 Å². The lowest BCUT2D eigenvalue weighted by molar-refractivity contribution is 0.293. The fraction of sp³-hybridized carbons (Fsp3) is 0.571. The largest absolute Gasteiger partial charge is 0.397 e. The van der Waals surface area contributed by atoms with Gasteiger partial charge in [0.1, 0.15) is 5.02 Å². The number of hydrogen-bond donors (Lipinski definition) is 3. The first-order valence-corrected chi connectivity index (χ1v) is 7.13. The summed E-state index contributed by atoms with van der Waals surface area (Å²) in [4.78, 5) is 0. The summed E-state index contributed by atoms with van der Waals surface area (Å²) in [5.74, 6) is 0.764. The van der Waals surface area contributed by atoms with E-state index in [1.807, 2.05) is 0 Å². The molecule has 2 atom stereocenters. The molecule has 5 N–H and O–H groups in total. The third kappa shape index (κ3) is 3.24. The fourth-order valence-electron chi connectivity index (χ4n) is 2.84. The van der Waals surface area contributed by atoms with Crippen LogP contribution in [0.1, 0.15) is 32.6 Å². The molecule has 1 fully saturated rings. The number of nitrogen functional groups attached to an aromatic ring is 2. The van der Waals surface area contributed by atoms with Crippen LogP contribution < -0.4 is 16.8 Å². The van der Waals surface area contributed by atoms with Crippen molar-refractivity contribution in [2.24, 2.45) is 11.8 Å². The van der Waals surface area contributed by atoms with E-state index in [4.69, 9.17) is 23.1 Å². The SMILES string of the molecule is CC1CCCC(CNc2c(N)cc(N)c(Cl)c2F)C1. The molecule has 1 aromatic rings. The average Bonchev–Trinajstić information content (AvgIpc) is 2.36. The maximum atomic E-state index is 14.0. The minimum atomic E-state index is -0.553. The zero-order valence-corrected chi connectivity index (χ0v) is 11.9. The number of nitrogens with one attached hydrogen (secondary N) is 1. The molecule has 1 aromatic carbocycles. The zero-order chi connectivity index (χ0) is 14.0. The summed E-state index contributed by atoms with van der Waals surface area (Å²) in [6.07, 6.45) is 4.90. The number of halogens is 2. The second-order valence-corrected chi connectivity index (χ2v) is 5.95. The van der Waals surface area contributed by atoms with Gasteiger partial charge in [0.05, 0.1) is 17.1 Å². The van der Waals surface area contributed by atoms with Crippen LogP contribution in [0.5, 0.6) is 0 Å². The van der Waals surface area contributed by atoms with Gasteiger partial charge in [-0.3, -0.25) is 0 Å². The molecule has 106 valence electrons. The van der Waals surface area contributed by atoms with Gasteiger partial charge in [-0.15, -0.1) is 0 Å². The lowest BCUT2D eigenvalue weighted by Gasteiger charge is -2.27. The Hall–Kier alpha value is -1.16. The van der Waals surface area contributed by atoms with Crippen molar-refractivity contribution in [3.63, 3.8) is 0 Å². The summed E-state index contributed by atoms with van der Waals surface area (Å²) >= 11 is 5.80. The monoisotopic (exact) mass is 285 g/mol. The van der Waals surface area contributed by atoms with Gasteiger partial charge in [-0.1, -0.05) is 31.4 Å². The van der Waals surface area contributed by atoms with Crippen LogP contribution in [0.15, 0.2) is 6.07 Å². The lowest BCUT2D eigenvalue weighted by atomic mass is 9.82. The second-order valence-electron chi connectivity index (χ2n) is 5.58. The number of benzene rings is 1. The van der Waals surface area contributed by atoms with Crippen molar-refractivity contribution in [2.75, 3.05) is 23.3 Å². The summed E-state index contributed by atoms with van der Waals surface area (Å²) in [7, 11) is 0. The van der Waals surface area contributed by atoms with Gasteiger partial charge in [0.2, 0.25) is 0 Å². The van der Waals surface area contributed by atoms with Crippen LogP contribution in [0, 0.1) is 17.7 Å². The molecule has 2 unspecified atom stereocenters. The summed E-state index contributed by atoms with van der Waals surface area (Å²) in [6, 6.07) is 1.50. The first kappa shape index (κ1) is 14.3. The molecule has 0 heterocycles. The Labute approximate surface area is 118 Å². The predicted octanol–water partition coefficient (Wildman–Crippen LogP) is 3.88. The Morgan fingerprint density at radius 1 is 1.37 bits per heavy atom. The Morgan fingerprint density at radius 2 is 2.11 bits per heavy atom. The van der Waals surface area contributed by atoms with E-state index in [1.165, 1.54) is 31.7 Å². The molecular weight excluding hydrogens is 265 g/mol. The summed E-state index contributed by atoms with van der Waals surface area (Å²) in [5, 5.41) is 3.04. The predicted molar refractivity (Wildman–Crippen MR) is 79.8 cm³/mol. The van der Waals surface area contributed by atoms with E-state index >= 15 is 0 Å². The molecule has 0 saturated heterocycles. The summed E-state index contributed by atoms with van der Waals surface area (Å²) < 4.78 is 14.0. The van der Waals surface area contributed by atoms with Gasteiger partial charge in [0, 0.05) is 6.54 Å². The summed E-state index contributed by atoms with van der Waals surface area (Å²) in [6.45, 7) is 2.99. The van der Waals surface area contributed by atoms with Crippen LogP contribution in [0.4, 0.5) is 21.5 Å². The summed E-state index contributed by atoms with van der Waals surface area (Å²) in [5.41, 5.74) is 12.1. The van der Waals surface area contributed by atoms with E-state index in [2.05, 4.69) is 12.2 Å². The molecule has 0 aromatic heterocycles.